The van der Waals surface area contributed by atoms with Gasteiger partial charge in [0.15, 0.2) is 0 Å². The number of methoxy groups -OCH3 is 1. The highest BCUT2D eigenvalue weighted by atomic mass is 32.1. The largest absolute Gasteiger partial charge is 0.495 e. The summed E-state index contributed by atoms with van der Waals surface area (Å²) in [5.41, 5.74) is 8.40. The minimum atomic E-state index is -0.533. The van der Waals surface area contributed by atoms with Crippen LogP contribution in [0.3, 0.4) is 0 Å². The molecule has 0 saturated carbocycles. The van der Waals surface area contributed by atoms with Crippen LogP contribution in [0.15, 0.2) is 40.8 Å². The van der Waals surface area contributed by atoms with Gasteiger partial charge in [0.05, 0.1) is 35.8 Å². The van der Waals surface area contributed by atoms with Gasteiger partial charge >= 0.3 is 5.97 Å². The molecule has 176 valence electrons. The number of benzene rings is 1. The van der Waals surface area contributed by atoms with Crippen LogP contribution in [-0.4, -0.2) is 30.1 Å². The highest BCUT2D eigenvalue weighted by Crippen LogP contribution is 2.43. The van der Waals surface area contributed by atoms with Crippen molar-refractivity contribution < 1.29 is 23.5 Å². The Kier molecular flexibility index (Phi) is 6.30. The molecule has 0 spiro atoms. The normalized spacial score (nSPS) is 11.1. The number of rotatable bonds is 6. The Morgan fingerprint density at radius 1 is 1.15 bits per heavy atom. The van der Waals surface area contributed by atoms with E-state index in [1.54, 1.807) is 51.1 Å². The number of furan rings is 1. The lowest BCUT2D eigenvalue weighted by Gasteiger charge is -2.14. The molecular weight excluding hydrogens is 454 g/mol. The number of hydrogen-bond donors (Lipinski definition) is 2. The van der Waals surface area contributed by atoms with E-state index >= 15 is 0 Å². The summed E-state index contributed by atoms with van der Waals surface area (Å²) in [6.45, 7) is 7.08. The highest BCUT2D eigenvalue weighted by molar-refractivity contribution is 7.21. The second-order valence-electron chi connectivity index (χ2n) is 7.99. The van der Waals surface area contributed by atoms with Gasteiger partial charge in [-0.15, -0.1) is 11.3 Å². The molecule has 1 amide bonds. The van der Waals surface area contributed by atoms with Crippen molar-refractivity contribution in [1.29, 1.82) is 0 Å². The number of carbonyl (C=O) groups is 2. The summed E-state index contributed by atoms with van der Waals surface area (Å²) in [6.07, 6.45) is -0.304. The molecule has 0 unspecified atom stereocenters. The zero-order chi connectivity index (χ0) is 24.6. The van der Waals surface area contributed by atoms with E-state index in [-0.39, 0.29) is 16.7 Å². The van der Waals surface area contributed by atoms with Crippen LogP contribution < -0.4 is 15.8 Å². The molecule has 34 heavy (non-hydrogen) atoms. The first kappa shape index (κ1) is 23.3. The number of fused-ring (bicyclic) bond motifs is 1. The smallest absolute Gasteiger partial charge is 0.350 e. The lowest BCUT2D eigenvalue weighted by Crippen LogP contribution is -2.16. The van der Waals surface area contributed by atoms with Gasteiger partial charge in [-0.05, 0) is 52.0 Å². The maximum atomic E-state index is 13.6. The number of nitrogens with two attached hydrogens (primary N) is 1. The number of carbonyl (C=O) groups excluding carboxylic acids is 2. The molecule has 0 bridgehead atoms. The molecule has 0 atom stereocenters. The molecule has 0 saturated heterocycles. The molecule has 0 radical (unpaired) electrons. The number of nitrogen functional groups attached to an aromatic ring is 1. The Morgan fingerprint density at radius 3 is 2.53 bits per heavy atom. The number of anilines is 2. The summed E-state index contributed by atoms with van der Waals surface area (Å²) in [7, 11) is 1.53. The zero-order valence-electron chi connectivity index (χ0n) is 19.5. The third kappa shape index (κ3) is 4.22. The number of ether oxygens (including phenoxy) is 2. The van der Waals surface area contributed by atoms with Gasteiger partial charge in [-0.3, -0.25) is 4.79 Å². The number of hydrogen-bond acceptors (Lipinski definition) is 8. The monoisotopic (exact) mass is 479 g/mol. The lowest BCUT2D eigenvalue weighted by molar-refractivity contribution is 0.0385. The predicted octanol–water partition coefficient (Wildman–Crippen LogP) is 5.58. The van der Waals surface area contributed by atoms with Gasteiger partial charge in [-0.25, -0.2) is 9.78 Å². The van der Waals surface area contributed by atoms with Crippen LogP contribution in [0, 0.1) is 13.8 Å². The Balaban J connectivity index is 1.94. The van der Waals surface area contributed by atoms with Gasteiger partial charge in [0.2, 0.25) is 0 Å². The first-order valence-corrected chi connectivity index (χ1v) is 11.5. The third-order valence-electron chi connectivity index (χ3n) is 5.15. The van der Waals surface area contributed by atoms with E-state index in [1.165, 1.54) is 7.11 Å². The average molecular weight is 480 g/mol. The predicted molar refractivity (Wildman–Crippen MR) is 133 cm³/mol. The van der Waals surface area contributed by atoms with E-state index in [9.17, 15) is 9.59 Å². The van der Waals surface area contributed by atoms with Gasteiger partial charge in [0.25, 0.3) is 5.91 Å². The summed E-state index contributed by atoms with van der Waals surface area (Å²) in [6, 6.07) is 10.7. The van der Waals surface area contributed by atoms with Crippen molar-refractivity contribution in [1.82, 2.24) is 4.98 Å². The fourth-order valence-corrected chi connectivity index (χ4v) is 4.74. The lowest BCUT2D eigenvalue weighted by atomic mass is 9.99. The van der Waals surface area contributed by atoms with E-state index < -0.39 is 11.9 Å². The fourth-order valence-electron chi connectivity index (χ4n) is 3.71. The summed E-state index contributed by atoms with van der Waals surface area (Å²) in [4.78, 5) is 31.6. The molecule has 3 aromatic heterocycles. The van der Waals surface area contributed by atoms with Crippen LogP contribution in [0.25, 0.3) is 21.5 Å². The van der Waals surface area contributed by atoms with Crippen molar-refractivity contribution in [3.05, 3.63) is 58.3 Å². The second kappa shape index (κ2) is 9.18. The maximum Gasteiger partial charge on any atom is 0.350 e. The van der Waals surface area contributed by atoms with Crippen LogP contribution in [-0.2, 0) is 4.74 Å². The molecule has 1 aromatic carbocycles. The average Bonchev–Trinajstić information content (AvgIpc) is 3.35. The van der Waals surface area contributed by atoms with Gasteiger partial charge in [-0.2, -0.15) is 0 Å². The molecule has 3 N–H and O–H groups in total. The first-order chi connectivity index (χ1) is 16.2. The molecule has 0 aliphatic carbocycles. The number of nitrogens with zero attached hydrogens (tertiary/aromatic N) is 1. The number of esters is 1. The van der Waals surface area contributed by atoms with Crippen molar-refractivity contribution in [2.75, 3.05) is 18.2 Å². The van der Waals surface area contributed by atoms with Gasteiger partial charge in [0.1, 0.15) is 27.0 Å². The topological polar surface area (TPSA) is 117 Å². The molecule has 0 fully saturated rings. The van der Waals surface area contributed by atoms with E-state index in [4.69, 9.17) is 19.6 Å². The molecule has 0 aliphatic heterocycles. The SMILES string of the molecule is COc1ccccc1NC(=O)c1c(C)nc2sc(C(=O)OC(C)C)c(N)c2c1-c1ccc(C)o1. The Labute approximate surface area is 200 Å². The molecule has 9 heteroatoms. The van der Waals surface area contributed by atoms with E-state index in [2.05, 4.69) is 10.3 Å². The third-order valence-corrected chi connectivity index (χ3v) is 6.23. The Morgan fingerprint density at radius 2 is 1.88 bits per heavy atom. The van der Waals surface area contributed by atoms with Gasteiger partial charge in [0, 0.05) is 10.9 Å². The number of thiophene rings is 1. The number of pyridine rings is 1. The zero-order valence-corrected chi connectivity index (χ0v) is 20.3. The summed E-state index contributed by atoms with van der Waals surface area (Å²) in [5, 5.41) is 3.38. The number of nitrogens with one attached hydrogen (secondary N) is 1. The molecule has 0 aliphatic rings. The minimum absolute atomic E-state index is 0.202. The number of aryl methyl sites for hydroxylation is 2. The quantitative estimate of drug-likeness (QED) is 0.347. The second-order valence-corrected chi connectivity index (χ2v) is 8.99. The van der Waals surface area contributed by atoms with Crippen LogP contribution >= 0.6 is 11.3 Å². The van der Waals surface area contributed by atoms with Crippen LogP contribution in [0.2, 0.25) is 0 Å². The fraction of sp³-hybridized carbons (Fsp3) is 0.240. The Hall–Kier alpha value is -3.85. The molecule has 4 rings (SSSR count). The number of para-hydroxylation sites is 2. The first-order valence-electron chi connectivity index (χ1n) is 10.7. The molecule has 4 aromatic rings. The minimum Gasteiger partial charge on any atom is -0.495 e. The van der Waals surface area contributed by atoms with E-state index in [0.29, 0.717) is 50.0 Å². The van der Waals surface area contributed by atoms with Crippen molar-refractivity contribution in [3.8, 4) is 17.1 Å². The molecular formula is C25H25N3O5S. The maximum absolute atomic E-state index is 13.6. The van der Waals surface area contributed by atoms with Crippen LogP contribution in [0.5, 0.6) is 5.75 Å². The van der Waals surface area contributed by atoms with Crippen LogP contribution in [0.4, 0.5) is 11.4 Å². The molecule has 8 nitrogen and oxygen atoms in total. The number of aromatic nitrogens is 1. The van der Waals surface area contributed by atoms with Crippen molar-refractivity contribution >= 4 is 44.8 Å². The standard InChI is InChI=1S/C25H25N3O5S/c1-12(2)32-25(30)22-21(26)20-19(17-11-10-13(3)33-17)18(14(4)27-24(20)34-22)23(29)28-15-8-6-7-9-16(15)31-5/h6-12H,26H2,1-5H3,(H,28,29). The van der Waals surface area contributed by atoms with Crippen LogP contribution in [0.1, 0.15) is 45.3 Å². The van der Waals surface area contributed by atoms with Crippen molar-refractivity contribution in [3.63, 3.8) is 0 Å². The van der Waals surface area contributed by atoms with Gasteiger partial charge < -0.3 is 24.9 Å². The van der Waals surface area contributed by atoms with E-state index in [1.807, 2.05) is 13.0 Å². The van der Waals surface area contributed by atoms with Crippen molar-refractivity contribution in [2.45, 2.75) is 33.8 Å². The summed E-state index contributed by atoms with van der Waals surface area (Å²) >= 11 is 1.13. The summed E-state index contributed by atoms with van der Waals surface area (Å²) in [5.74, 6) is 0.701. The molecule has 3 heterocycles. The van der Waals surface area contributed by atoms with Crippen molar-refractivity contribution in [2.24, 2.45) is 0 Å². The highest BCUT2D eigenvalue weighted by Gasteiger charge is 2.29. The number of amides is 1. The summed E-state index contributed by atoms with van der Waals surface area (Å²) < 4.78 is 16.6. The van der Waals surface area contributed by atoms with Gasteiger partial charge in [-0.1, -0.05) is 12.1 Å². The Bertz CT molecular complexity index is 1400. The van der Waals surface area contributed by atoms with E-state index in [0.717, 1.165) is 11.3 Å².